The second-order valence-corrected chi connectivity index (χ2v) is 5.37. The van der Waals surface area contributed by atoms with Crippen LogP contribution >= 0.6 is 0 Å². The highest BCUT2D eigenvalue weighted by atomic mass is 32.2. The molecule has 0 aliphatic heterocycles. The quantitative estimate of drug-likeness (QED) is 0.358. The van der Waals surface area contributed by atoms with Crippen molar-refractivity contribution in [2.24, 2.45) is 0 Å². The maximum absolute atomic E-state index is 11.5. The van der Waals surface area contributed by atoms with Crippen molar-refractivity contribution in [3.8, 4) is 0 Å². The zero-order valence-electron chi connectivity index (χ0n) is 9.63. The van der Waals surface area contributed by atoms with Gasteiger partial charge in [-0.05, 0) is 0 Å². The van der Waals surface area contributed by atoms with Crippen LogP contribution in [-0.2, 0) is 14.9 Å². The van der Waals surface area contributed by atoms with E-state index in [2.05, 4.69) is 0 Å². The van der Waals surface area contributed by atoms with Gasteiger partial charge in [-0.1, -0.05) is 29.1 Å². The van der Waals surface area contributed by atoms with Gasteiger partial charge in [-0.15, -0.1) is 0 Å². The van der Waals surface area contributed by atoms with Crippen molar-refractivity contribution in [1.29, 1.82) is 0 Å². The first kappa shape index (κ1) is 13.8. The molecule has 1 N–H and O–H groups in total. The van der Waals surface area contributed by atoms with E-state index in [9.17, 15) is 13.2 Å². The van der Waals surface area contributed by atoms with Crippen LogP contribution in [0.3, 0.4) is 0 Å². The van der Waals surface area contributed by atoms with Gasteiger partial charge in [0.15, 0.2) is 0 Å². The fraction of sp³-hybridized carbons (Fsp3) is 0.222. The van der Waals surface area contributed by atoms with Gasteiger partial charge in [0.05, 0.1) is 5.56 Å². The largest absolute Gasteiger partial charge is 0.461 e. The molecule has 0 amide bonds. The standard InChI is InChI=1S/C9H12B2O5S/c10-7-3-6(4-8(11)5-7)9(12)16-1-2-17(13,14)15/h3-5H,1-2,10-11H2,(H,13,14,15). The minimum absolute atomic E-state index is 0.356. The summed E-state index contributed by atoms with van der Waals surface area (Å²) in [4.78, 5) is 11.5. The fourth-order valence-electron chi connectivity index (χ4n) is 1.42. The van der Waals surface area contributed by atoms with Crippen LogP contribution in [-0.4, -0.2) is 47.0 Å². The highest BCUT2D eigenvalue weighted by Crippen LogP contribution is 1.98. The Morgan fingerprint density at radius 2 is 1.76 bits per heavy atom. The number of benzene rings is 1. The molecule has 1 aromatic carbocycles. The molecule has 8 heteroatoms. The highest BCUT2D eigenvalue weighted by molar-refractivity contribution is 7.85. The lowest BCUT2D eigenvalue weighted by atomic mass is 9.85. The summed E-state index contributed by atoms with van der Waals surface area (Å²) in [7, 11) is -0.397. The SMILES string of the molecule is Bc1cc(B)cc(C(=O)OCCS(=O)(=O)O)c1. The van der Waals surface area contributed by atoms with Crippen molar-refractivity contribution >= 4 is 42.7 Å². The molecular formula is C9H12B2O5S. The number of carbonyl (C=O) groups excluding carboxylic acids is 1. The number of hydrogen-bond donors (Lipinski definition) is 1. The summed E-state index contributed by atoms with van der Waals surface area (Å²) in [5, 5.41) is 0. The summed E-state index contributed by atoms with van der Waals surface area (Å²) in [6.45, 7) is -0.356. The first-order valence-corrected chi connectivity index (χ1v) is 6.59. The normalized spacial score (nSPS) is 11.1. The molecule has 0 saturated carbocycles. The van der Waals surface area contributed by atoms with Gasteiger partial charge in [0.2, 0.25) is 0 Å². The minimum Gasteiger partial charge on any atom is -0.461 e. The lowest BCUT2D eigenvalue weighted by Crippen LogP contribution is -2.20. The maximum Gasteiger partial charge on any atom is 0.338 e. The highest BCUT2D eigenvalue weighted by Gasteiger charge is 2.10. The molecule has 0 fully saturated rings. The lowest BCUT2D eigenvalue weighted by molar-refractivity contribution is 0.0528. The van der Waals surface area contributed by atoms with Crippen molar-refractivity contribution in [1.82, 2.24) is 0 Å². The van der Waals surface area contributed by atoms with Gasteiger partial charge in [0.1, 0.15) is 28.1 Å². The maximum atomic E-state index is 11.5. The number of rotatable bonds is 4. The van der Waals surface area contributed by atoms with Crippen molar-refractivity contribution < 1.29 is 22.5 Å². The number of carbonyl (C=O) groups is 1. The van der Waals surface area contributed by atoms with E-state index in [0.29, 0.717) is 5.56 Å². The second kappa shape index (κ2) is 5.37. The van der Waals surface area contributed by atoms with Gasteiger partial charge in [-0.2, -0.15) is 8.42 Å². The van der Waals surface area contributed by atoms with Gasteiger partial charge < -0.3 is 4.74 Å². The predicted octanol–water partition coefficient (Wildman–Crippen LogP) is -2.75. The predicted molar refractivity (Wildman–Crippen MR) is 69.5 cm³/mol. The van der Waals surface area contributed by atoms with Crippen molar-refractivity contribution in [2.75, 3.05) is 12.4 Å². The Balaban J connectivity index is 2.64. The molecule has 0 aliphatic rings. The third-order valence-corrected chi connectivity index (χ3v) is 2.71. The van der Waals surface area contributed by atoms with Crippen LogP contribution in [0.4, 0.5) is 0 Å². The van der Waals surface area contributed by atoms with Crippen LogP contribution in [0, 0.1) is 0 Å². The van der Waals surface area contributed by atoms with E-state index in [-0.39, 0.29) is 6.61 Å². The van der Waals surface area contributed by atoms with Crippen LogP contribution in [0.15, 0.2) is 18.2 Å². The Morgan fingerprint density at radius 1 is 1.24 bits per heavy atom. The molecule has 0 bridgehead atoms. The van der Waals surface area contributed by atoms with Gasteiger partial charge in [0, 0.05) is 0 Å². The van der Waals surface area contributed by atoms with Crippen LogP contribution in [0.2, 0.25) is 0 Å². The summed E-state index contributed by atoms with van der Waals surface area (Å²) >= 11 is 0. The summed E-state index contributed by atoms with van der Waals surface area (Å²) in [5.74, 6) is -1.19. The molecule has 90 valence electrons. The average Bonchev–Trinajstić information content (AvgIpc) is 2.13. The molecule has 0 atom stereocenters. The summed E-state index contributed by atoms with van der Waals surface area (Å²) in [5.41, 5.74) is 2.22. The zero-order chi connectivity index (χ0) is 13.1. The topological polar surface area (TPSA) is 80.7 Å². The molecular weight excluding hydrogens is 242 g/mol. The van der Waals surface area contributed by atoms with Crippen molar-refractivity contribution in [3.63, 3.8) is 0 Å². The monoisotopic (exact) mass is 254 g/mol. The fourth-order valence-corrected chi connectivity index (χ4v) is 1.71. The molecule has 0 unspecified atom stereocenters. The zero-order valence-corrected chi connectivity index (χ0v) is 10.5. The van der Waals surface area contributed by atoms with Gasteiger partial charge in [0.25, 0.3) is 10.1 Å². The van der Waals surface area contributed by atoms with Gasteiger partial charge >= 0.3 is 5.97 Å². The lowest BCUT2D eigenvalue weighted by Gasteiger charge is -2.05. The van der Waals surface area contributed by atoms with Crippen LogP contribution in [0.5, 0.6) is 0 Å². The molecule has 0 saturated heterocycles. The molecule has 1 rings (SSSR count). The van der Waals surface area contributed by atoms with Crippen molar-refractivity contribution in [3.05, 3.63) is 23.8 Å². The molecule has 17 heavy (non-hydrogen) atoms. The van der Waals surface area contributed by atoms with Crippen LogP contribution < -0.4 is 10.9 Å². The van der Waals surface area contributed by atoms with Crippen molar-refractivity contribution in [2.45, 2.75) is 0 Å². The Labute approximate surface area is 102 Å². The summed E-state index contributed by atoms with van der Waals surface area (Å²) < 4.78 is 34.0. The van der Waals surface area contributed by atoms with Gasteiger partial charge in [-0.3, -0.25) is 4.55 Å². The first-order valence-electron chi connectivity index (χ1n) is 4.98. The van der Waals surface area contributed by atoms with Crippen LogP contribution in [0.1, 0.15) is 10.4 Å². The minimum atomic E-state index is -4.10. The first-order chi connectivity index (χ1) is 7.78. The molecule has 5 nitrogen and oxygen atoms in total. The molecule has 1 aromatic rings. The van der Waals surface area contributed by atoms with E-state index < -0.39 is 21.8 Å². The van der Waals surface area contributed by atoms with Gasteiger partial charge in [-0.25, -0.2) is 4.79 Å². The van der Waals surface area contributed by atoms with E-state index in [1.807, 2.05) is 21.8 Å². The number of hydrogen-bond acceptors (Lipinski definition) is 4. The van der Waals surface area contributed by atoms with E-state index in [0.717, 1.165) is 10.9 Å². The summed E-state index contributed by atoms with van der Waals surface area (Å²) in [6, 6.07) is 5.22. The Hall–Kier alpha value is -1.27. The van der Waals surface area contributed by atoms with E-state index in [1.54, 1.807) is 12.1 Å². The molecule has 0 aromatic heterocycles. The smallest absolute Gasteiger partial charge is 0.338 e. The molecule has 0 heterocycles. The number of ether oxygens (including phenoxy) is 1. The van der Waals surface area contributed by atoms with E-state index in [1.165, 1.54) is 0 Å². The third kappa shape index (κ3) is 5.06. The summed E-state index contributed by atoms with van der Waals surface area (Å²) in [6.07, 6.45) is 0. The molecule has 0 aliphatic carbocycles. The van der Waals surface area contributed by atoms with Crippen LogP contribution in [0.25, 0.3) is 0 Å². The molecule has 0 radical (unpaired) electrons. The van der Waals surface area contributed by atoms with E-state index >= 15 is 0 Å². The average molecular weight is 254 g/mol. The molecule has 0 spiro atoms. The number of esters is 1. The third-order valence-electron chi connectivity index (χ3n) is 2.03. The van der Waals surface area contributed by atoms with E-state index in [4.69, 9.17) is 9.29 Å². The Morgan fingerprint density at radius 3 is 2.24 bits per heavy atom. The second-order valence-electron chi connectivity index (χ2n) is 3.80. The Kier molecular flexibility index (Phi) is 4.36. The Bertz CT molecular complexity index is 506.